The molecule has 2 heterocycles. The zero-order valence-electron chi connectivity index (χ0n) is 10.6. The molecule has 0 radical (unpaired) electrons. The molecule has 1 amide bonds. The Labute approximate surface area is 115 Å². The van der Waals surface area contributed by atoms with E-state index in [4.69, 9.17) is 5.73 Å². The van der Waals surface area contributed by atoms with Crippen molar-refractivity contribution in [1.29, 1.82) is 0 Å². The Balaban J connectivity index is 2.09. The van der Waals surface area contributed by atoms with Crippen LogP contribution in [-0.4, -0.2) is 43.2 Å². The molecule has 2 aromatic rings. The number of hydrogen-bond donors (Lipinski definition) is 3. The molecule has 0 saturated carbocycles. The lowest BCUT2D eigenvalue weighted by Gasteiger charge is -2.25. The van der Waals surface area contributed by atoms with Gasteiger partial charge in [-0.3, -0.25) is 4.79 Å². The summed E-state index contributed by atoms with van der Waals surface area (Å²) in [5, 5.41) is 3.14. The number of aromatic nitrogens is 1. The molecule has 1 aliphatic rings. The second-order valence-electron chi connectivity index (χ2n) is 4.65. The topological polar surface area (TPSA) is 108 Å². The maximum atomic E-state index is 12.6. The van der Waals surface area contributed by atoms with Gasteiger partial charge >= 0.3 is 0 Å². The smallest absolute Gasteiger partial charge is 0.245 e. The van der Waals surface area contributed by atoms with Gasteiger partial charge in [0, 0.05) is 35.9 Å². The molecule has 0 unspecified atom stereocenters. The molecule has 4 N–H and O–H groups in total. The summed E-state index contributed by atoms with van der Waals surface area (Å²) in [6.07, 6.45) is 1.44. The maximum Gasteiger partial charge on any atom is 0.245 e. The molecule has 0 atom stereocenters. The molecular formula is C12H14N4O3S. The van der Waals surface area contributed by atoms with Gasteiger partial charge in [0.25, 0.3) is 0 Å². The lowest BCUT2D eigenvalue weighted by atomic mass is 10.2. The third-order valence-electron chi connectivity index (χ3n) is 3.29. The number of nitrogen functional groups attached to an aromatic ring is 1. The number of carbonyl (C=O) groups excluding carboxylic acids is 1. The van der Waals surface area contributed by atoms with Gasteiger partial charge in [-0.1, -0.05) is 0 Å². The normalized spacial score (nSPS) is 17.3. The average Bonchev–Trinajstić information content (AvgIpc) is 2.82. The quantitative estimate of drug-likeness (QED) is 0.670. The van der Waals surface area contributed by atoms with Crippen LogP contribution in [0.2, 0.25) is 0 Å². The molecule has 1 aromatic carbocycles. The number of nitrogens with two attached hydrogens (primary N) is 1. The number of anilines is 1. The van der Waals surface area contributed by atoms with Gasteiger partial charge in [0.2, 0.25) is 15.9 Å². The van der Waals surface area contributed by atoms with Crippen molar-refractivity contribution < 1.29 is 13.2 Å². The maximum absolute atomic E-state index is 12.6. The molecule has 1 aliphatic heterocycles. The highest BCUT2D eigenvalue weighted by atomic mass is 32.2. The highest BCUT2D eigenvalue weighted by molar-refractivity contribution is 7.89. The lowest BCUT2D eigenvalue weighted by molar-refractivity contribution is -0.122. The summed E-state index contributed by atoms with van der Waals surface area (Å²) in [5.41, 5.74) is 6.89. The van der Waals surface area contributed by atoms with Crippen LogP contribution in [0.4, 0.5) is 5.69 Å². The van der Waals surface area contributed by atoms with E-state index < -0.39 is 10.0 Å². The van der Waals surface area contributed by atoms with Crippen LogP contribution in [0.15, 0.2) is 29.3 Å². The van der Waals surface area contributed by atoms with Crippen molar-refractivity contribution in [3.05, 3.63) is 24.4 Å². The monoisotopic (exact) mass is 294 g/mol. The number of benzene rings is 1. The van der Waals surface area contributed by atoms with Crippen LogP contribution in [-0.2, 0) is 14.8 Å². The number of hydrogen-bond acceptors (Lipinski definition) is 4. The Bertz CT molecular complexity index is 781. The van der Waals surface area contributed by atoms with E-state index in [2.05, 4.69) is 10.3 Å². The molecule has 20 heavy (non-hydrogen) atoms. The minimum absolute atomic E-state index is 0.148. The summed E-state index contributed by atoms with van der Waals surface area (Å²) in [4.78, 5) is 14.4. The molecule has 1 fully saturated rings. The summed E-state index contributed by atoms with van der Waals surface area (Å²) in [5.74, 6) is -0.292. The molecule has 8 heteroatoms. The van der Waals surface area contributed by atoms with E-state index in [0.29, 0.717) is 23.1 Å². The summed E-state index contributed by atoms with van der Waals surface area (Å²) in [7, 11) is -3.71. The Morgan fingerprint density at radius 2 is 2.10 bits per heavy atom. The summed E-state index contributed by atoms with van der Waals surface area (Å²) >= 11 is 0. The molecule has 0 spiro atoms. The molecule has 106 valence electrons. The van der Waals surface area contributed by atoms with Crippen LogP contribution in [0, 0.1) is 0 Å². The average molecular weight is 294 g/mol. The Kier molecular flexibility index (Phi) is 2.91. The molecular weight excluding hydrogens is 280 g/mol. The van der Waals surface area contributed by atoms with E-state index in [1.807, 2.05) is 0 Å². The van der Waals surface area contributed by atoms with Gasteiger partial charge in [-0.25, -0.2) is 8.42 Å². The van der Waals surface area contributed by atoms with Gasteiger partial charge in [0.05, 0.1) is 6.54 Å². The number of fused-ring (bicyclic) bond motifs is 1. The number of rotatable bonds is 2. The zero-order valence-corrected chi connectivity index (χ0v) is 11.4. The second kappa shape index (κ2) is 4.50. The van der Waals surface area contributed by atoms with Gasteiger partial charge in [0.15, 0.2) is 0 Å². The fourth-order valence-electron chi connectivity index (χ4n) is 2.29. The number of nitrogens with zero attached hydrogens (tertiary/aromatic N) is 1. The number of H-pyrrole nitrogens is 1. The van der Waals surface area contributed by atoms with E-state index in [9.17, 15) is 13.2 Å². The minimum atomic E-state index is -3.71. The zero-order chi connectivity index (χ0) is 14.3. The van der Waals surface area contributed by atoms with E-state index >= 15 is 0 Å². The van der Waals surface area contributed by atoms with Crippen molar-refractivity contribution in [1.82, 2.24) is 14.6 Å². The molecule has 1 aromatic heterocycles. The number of nitrogens with one attached hydrogen (secondary N) is 2. The lowest BCUT2D eigenvalue weighted by Crippen LogP contribution is -2.49. The Morgan fingerprint density at radius 1 is 1.30 bits per heavy atom. The largest absolute Gasteiger partial charge is 0.399 e. The third-order valence-corrected chi connectivity index (χ3v) is 5.17. The van der Waals surface area contributed by atoms with Crippen LogP contribution in [0.25, 0.3) is 10.9 Å². The van der Waals surface area contributed by atoms with Gasteiger partial charge < -0.3 is 16.0 Å². The summed E-state index contributed by atoms with van der Waals surface area (Å²) in [6.45, 7) is 0.433. The van der Waals surface area contributed by atoms with Gasteiger partial charge in [-0.2, -0.15) is 4.31 Å². The van der Waals surface area contributed by atoms with Crippen LogP contribution in [0.3, 0.4) is 0 Å². The van der Waals surface area contributed by atoms with Crippen LogP contribution >= 0.6 is 0 Å². The van der Waals surface area contributed by atoms with Gasteiger partial charge in [-0.15, -0.1) is 0 Å². The SMILES string of the molecule is Nc1ccc2[nH]cc(S(=O)(=O)N3CCNC(=O)C3)c2c1. The first-order chi connectivity index (χ1) is 9.48. The molecule has 0 bridgehead atoms. The molecule has 3 rings (SSSR count). The first-order valence-electron chi connectivity index (χ1n) is 6.12. The molecule has 0 aliphatic carbocycles. The van der Waals surface area contributed by atoms with Crippen molar-refractivity contribution >= 4 is 32.5 Å². The number of sulfonamides is 1. The standard InChI is InChI=1S/C12H14N4O3S/c13-8-1-2-10-9(5-8)11(6-15-10)20(18,19)16-4-3-14-12(17)7-16/h1-2,5-6,15H,3-4,7,13H2,(H,14,17). The highest BCUT2D eigenvalue weighted by Crippen LogP contribution is 2.27. The predicted octanol–water partition coefficient (Wildman–Crippen LogP) is -0.129. The summed E-state index contributed by atoms with van der Waals surface area (Å²) in [6, 6.07) is 5.04. The first kappa shape index (κ1) is 12.9. The van der Waals surface area contributed by atoms with Crippen LogP contribution in [0.5, 0.6) is 0 Å². The van der Waals surface area contributed by atoms with Crippen LogP contribution < -0.4 is 11.1 Å². The van der Waals surface area contributed by atoms with Crippen molar-refractivity contribution in [3.63, 3.8) is 0 Å². The molecule has 7 nitrogen and oxygen atoms in total. The fraction of sp³-hybridized carbons (Fsp3) is 0.250. The Hall–Kier alpha value is -2.06. The van der Waals surface area contributed by atoms with Crippen molar-refractivity contribution in [2.75, 3.05) is 25.4 Å². The molecule has 1 saturated heterocycles. The summed E-state index contributed by atoms with van der Waals surface area (Å²) < 4.78 is 26.4. The predicted molar refractivity (Wildman–Crippen MR) is 74.5 cm³/mol. The number of piperazine rings is 1. The van der Waals surface area contributed by atoms with E-state index in [1.54, 1.807) is 18.2 Å². The first-order valence-corrected chi connectivity index (χ1v) is 7.56. The van der Waals surface area contributed by atoms with E-state index in [-0.39, 0.29) is 23.9 Å². The minimum Gasteiger partial charge on any atom is -0.399 e. The Morgan fingerprint density at radius 3 is 2.85 bits per heavy atom. The van der Waals surface area contributed by atoms with Gasteiger partial charge in [-0.05, 0) is 18.2 Å². The van der Waals surface area contributed by atoms with E-state index in [0.717, 1.165) is 0 Å². The highest BCUT2D eigenvalue weighted by Gasteiger charge is 2.31. The van der Waals surface area contributed by atoms with Gasteiger partial charge in [0.1, 0.15) is 4.90 Å². The fourth-order valence-corrected chi connectivity index (χ4v) is 3.84. The second-order valence-corrected chi connectivity index (χ2v) is 6.55. The van der Waals surface area contributed by atoms with Crippen molar-refractivity contribution in [2.24, 2.45) is 0 Å². The van der Waals surface area contributed by atoms with Crippen LogP contribution in [0.1, 0.15) is 0 Å². The van der Waals surface area contributed by atoms with Crippen molar-refractivity contribution in [3.8, 4) is 0 Å². The number of carbonyl (C=O) groups is 1. The van der Waals surface area contributed by atoms with E-state index in [1.165, 1.54) is 10.5 Å². The van der Waals surface area contributed by atoms with Crippen molar-refractivity contribution in [2.45, 2.75) is 4.90 Å². The third kappa shape index (κ3) is 2.02. The number of aromatic amines is 1. The number of amides is 1.